The lowest BCUT2D eigenvalue weighted by atomic mass is 9.44. The van der Waals surface area contributed by atoms with Crippen molar-refractivity contribution in [3.8, 4) is 0 Å². The zero-order valence-corrected chi connectivity index (χ0v) is 20.6. The number of aliphatic hydroxyl groups is 1. The summed E-state index contributed by atoms with van der Waals surface area (Å²) in [5, 5.41) is 11.4. The average Bonchev–Trinajstić information content (AvgIpc) is 2.90. The molecule has 5 nitrogen and oxygen atoms in total. The Bertz CT molecular complexity index is 914. The van der Waals surface area contributed by atoms with Crippen LogP contribution in [0.3, 0.4) is 0 Å². The highest BCUT2D eigenvalue weighted by molar-refractivity contribution is 14.1. The van der Waals surface area contributed by atoms with Gasteiger partial charge < -0.3 is 9.84 Å². The normalized spacial score (nSPS) is 48.4. The van der Waals surface area contributed by atoms with E-state index in [-0.39, 0.29) is 34.3 Å². The van der Waals surface area contributed by atoms with Crippen LogP contribution in [-0.4, -0.2) is 44.4 Å². The van der Waals surface area contributed by atoms with E-state index in [4.69, 9.17) is 4.74 Å². The number of carbonyl (C=O) groups is 3. The quantitative estimate of drug-likeness (QED) is 0.331. The summed E-state index contributed by atoms with van der Waals surface area (Å²) in [5.41, 5.74) is -4.55. The van der Waals surface area contributed by atoms with Crippen LogP contribution in [0.4, 0.5) is 4.39 Å². The molecule has 0 heterocycles. The lowest BCUT2D eigenvalue weighted by Gasteiger charge is -2.62. The molecule has 3 saturated carbocycles. The number of carbonyl (C=O) groups excluding carboxylic acids is 3. The van der Waals surface area contributed by atoms with Crippen LogP contribution in [0.2, 0.25) is 0 Å². The highest BCUT2D eigenvalue weighted by Gasteiger charge is 2.76. The molecule has 0 radical (unpaired) electrons. The standard InChI is InChI=1S/C24H30FIO5/c1-13-9-18-17-6-5-15-10-16(28)7-8-21(15,3)23(17,25)19(29)11-22(18,4)24(13,20(30)12-26)31-14(2)27/h7-8,10,13,17-19,29H,5-6,9,11-12H2,1-4H3/t13-,17-,18-,19-,21-,22-,23-,24-/m0/s1. The molecule has 3 fully saturated rings. The predicted octanol–water partition coefficient (Wildman–Crippen LogP) is 3.91. The van der Waals surface area contributed by atoms with Crippen LogP contribution in [0.25, 0.3) is 0 Å². The molecule has 4 rings (SSSR count). The molecule has 0 aromatic rings. The minimum absolute atomic E-state index is 0.0231. The molecule has 1 N–H and O–H groups in total. The minimum atomic E-state index is -1.96. The van der Waals surface area contributed by atoms with E-state index in [1.54, 1.807) is 13.0 Å². The van der Waals surface area contributed by atoms with E-state index in [0.717, 1.165) is 5.57 Å². The molecule has 4 aliphatic rings. The summed E-state index contributed by atoms with van der Waals surface area (Å²) in [6.07, 6.45) is 4.80. The third kappa shape index (κ3) is 2.71. The van der Waals surface area contributed by atoms with Gasteiger partial charge in [-0.25, -0.2) is 4.39 Å². The Labute approximate surface area is 196 Å². The van der Waals surface area contributed by atoms with Gasteiger partial charge in [-0.3, -0.25) is 14.4 Å². The highest BCUT2D eigenvalue weighted by Crippen LogP contribution is 2.71. The number of hydrogen-bond donors (Lipinski definition) is 1. The molecule has 31 heavy (non-hydrogen) atoms. The number of ketones is 2. The Morgan fingerprint density at radius 3 is 2.61 bits per heavy atom. The van der Waals surface area contributed by atoms with Gasteiger partial charge >= 0.3 is 5.97 Å². The third-order valence-electron chi connectivity index (χ3n) is 9.02. The number of fused-ring (bicyclic) bond motifs is 5. The summed E-state index contributed by atoms with van der Waals surface area (Å²) in [4.78, 5) is 37.4. The molecule has 0 aromatic carbocycles. The van der Waals surface area contributed by atoms with Gasteiger partial charge in [0.05, 0.1) is 10.5 Å². The number of hydrogen-bond acceptors (Lipinski definition) is 5. The molecule has 8 atom stereocenters. The van der Waals surface area contributed by atoms with E-state index in [0.29, 0.717) is 19.3 Å². The first kappa shape index (κ1) is 23.1. The molecule has 0 unspecified atom stereocenters. The molecule has 4 aliphatic carbocycles. The van der Waals surface area contributed by atoms with Crippen LogP contribution in [0.5, 0.6) is 0 Å². The molecule has 7 heteroatoms. The molecule has 170 valence electrons. The summed E-state index contributed by atoms with van der Waals surface area (Å²) in [5.74, 6) is -1.88. The summed E-state index contributed by atoms with van der Waals surface area (Å²) in [7, 11) is 0. The van der Waals surface area contributed by atoms with E-state index in [2.05, 4.69) is 0 Å². The molecular weight excluding hydrogens is 514 g/mol. The minimum Gasteiger partial charge on any atom is -0.450 e. The van der Waals surface area contributed by atoms with Crippen molar-refractivity contribution in [2.75, 3.05) is 4.43 Å². The SMILES string of the molecule is CC(=O)O[C@]1(C(=O)CI)[C@@H](C)C[C@H]2[C@@H]3CCC4=CC(=O)C=C[C@]4(C)[C@@]3(F)[C@@H](O)C[C@@]21C. The number of rotatable bonds is 3. The molecule has 0 aromatic heterocycles. The van der Waals surface area contributed by atoms with E-state index in [9.17, 15) is 19.5 Å². The molecule has 0 aliphatic heterocycles. The van der Waals surface area contributed by atoms with Crippen molar-refractivity contribution in [3.63, 3.8) is 0 Å². The predicted molar refractivity (Wildman–Crippen MR) is 121 cm³/mol. The van der Waals surface area contributed by atoms with Gasteiger partial charge in [-0.15, -0.1) is 0 Å². The van der Waals surface area contributed by atoms with Crippen molar-refractivity contribution >= 4 is 40.1 Å². The fourth-order valence-electron chi connectivity index (χ4n) is 7.72. The number of alkyl halides is 2. The zero-order valence-electron chi connectivity index (χ0n) is 18.4. The van der Waals surface area contributed by atoms with Crippen LogP contribution in [0, 0.1) is 28.6 Å². The summed E-state index contributed by atoms with van der Waals surface area (Å²) >= 11 is 1.99. The molecule has 0 bridgehead atoms. The number of Topliss-reactive ketones (excluding diaryl/α,β-unsaturated/α-hetero) is 1. The average molecular weight is 544 g/mol. The second-order valence-corrected chi connectivity index (χ2v) is 11.1. The second kappa shape index (κ2) is 7.20. The topological polar surface area (TPSA) is 80.7 Å². The fourth-order valence-corrected chi connectivity index (χ4v) is 8.29. The van der Waals surface area contributed by atoms with Crippen LogP contribution >= 0.6 is 22.6 Å². The molecule has 0 spiro atoms. The number of esters is 1. The van der Waals surface area contributed by atoms with Gasteiger partial charge in [-0.1, -0.05) is 48.1 Å². The van der Waals surface area contributed by atoms with Gasteiger partial charge in [0.25, 0.3) is 0 Å². The first-order chi connectivity index (χ1) is 14.4. The summed E-state index contributed by atoms with van der Waals surface area (Å²) in [6.45, 7) is 6.86. The second-order valence-electron chi connectivity index (χ2n) is 10.3. The van der Waals surface area contributed by atoms with Crippen molar-refractivity contribution in [2.24, 2.45) is 28.6 Å². The van der Waals surface area contributed by atoms with Gasteiger partial charge in [0.1, 0.15) is 0 Å². The first-order valence-corrected chi connectivity index (χ1v) is 12.5. The Morgan fingerprint density at radius 2 is 2.00 bits per heavy atom. The first-order valence-electron chi connectivity index (χ1n) is 11.0. The monoisotopic (exact) mass is 544 g/mol. The maximum absolute atomic E-state index is 17.1. The largest absolute Gasteiger partial charge is 0.450 e. The van der Waals surface area contributed by atoms with E-state index in [1.807, 2.05) is 36.4 Å². The van der Waals surface area contributed by atoms with Gasteiger partial charge in [-0.2, -0.15) is 0 Å². The zero-order chi connectivity index (χ0) is 23.0. The Hall–Kier alpha value is -1.09. The fraction of sp³-hybridized carbons (Fsp3) is 0.708. The van der Waals surface area contributed by atoms with Gasteiger partial charge in [0, 0.05) is 29.6 Å². The number of ether oxygens (including phenoxy) is 1. The van der Waals surface area contributed by atoms with Crippen LogP contribution in [-0.2, 0) is 19.1 Å². The number of allylic oxidation sites excluding steroid dienone is 4. The maximum atomic E-state index is 17.1. The summed E-state index contributed by atoms with van der Waals surface area (Å²) in [6, 6.07) is 0. The van der Waals surface area contributed by atoms with Crippen molar-refractivity contribution in [1.82, 2.24) is 0 Å². The molecule has 0 saturated heterocycles. The van der Waals surface area contributed by atoms with E-state index in [1.165, 1.54) is 19.1 Å². The van der Waals surface area contributed by atoms with Crippen molar-refractivity contribution in [1.29, 1.82) is 0 Å². The molecular formula is C24H30FIO5. The summed E-state index contributed by atoms with van der Waals surface area (Å²) < 4.78 is 23.2. The van der Waals surface area contributed by atoms with Crippen molar-refractivity contribution in [3.05, 3.63) is 23.8 Å². The van der Waals surface area contributed by atoms with Crippen molar-refractivity contribution in [2.45, 2.75) is 70.8 Å². The van der Waals surface area contributed by atoms with Crippen molar-refractivity contribution < 1.29 is 28.6 Å². The maximum Gasteiger partial charge on any atom is 0.303 e. The van der Waals surface area contributed by atoms with Crippen LogP contribution < -0.4 is 0 Å². The van der Waals surface area contributed by atoms with Gasteiger partial charge in [0.2, 0.25) is 0 Å². The smallest absolute Gasteiger partial charge is 0.303 e. The number of aliphatic hydroxyl groups excluding tert-OH is 1. The Balaban J connectivity index is 1.86. The Kier molecular flexibility index (Phi) is 5.36. The van der Waals surface area contributed by atoms with Crippen LogP contribution in [0.1, 0.15) is 53.4 Å². The van der Waals surface area contributed by atoms with Gasteiger partial charge in [0.15, 0.2) is 22.8 Å². The van der Waals surface area contributed by atoms with E-state index < -0.39 is 40.1 Å². The third-order valence-corrected chi connectivity index (χ3v) is 9.71. The molecule has 0 amide bonds. The lowest BCUT2D eigenvalue weighted by molar-refractivity contribution is -0.226. The Morgan fingerprint density at radius 1 is 1.32 bits per heavy atom. The van der Waals surface area contributed by atoms with Gasteiger partial charge in [-0.05, 0) is 50.7 Å². The van der Waals surface area contributed by atoms with E-state index >= 15 is 4.39 Å². The van der Waals surface area contributed by atoms with Crippen LogP contribution in [0.15, 0.2) is 23.8 Å². The highest BCUT2D eigenvalue weighted by atomic mass is 127. The number of halogens is 2. The lowest BCUT2D eigenvalue weighted by Crippen LogP contribution is -2.70.